The Morgan fingerprint density at radius 3 is 2.83 bits per heavy atom. The van der Waals surface area contributed by atoms with Crippen LogP contribution in [0.25, 0.3) is 5.65 Å². The Morgan fingerprint density at radius 1 is 1.30 bits per heavy atom. The topological polar surface area (TPSA) is 81.6 Å². The average Bonchev–Trinajstić information content (AvgIpc) is 2.99. The molecule has 1 aromatic carbocycles. The van der Waals surface area contributed by atoms with Gasteiger partial charge in [0, 0.05) is 18.4 Å². The molecular weight excluding hydrogens is 292 g/mol. The van der Waals surface area contributed by atoms with Crippen molar-refractivity contribution in [2.24, 2.45) is 5.73 Å². The first kappa shape index (κ1) is 15.1. The average molecular weight is 310 g/mol. The third-order valence-corrected chi connectivity index (χ3v) is 3.48. The summed E-state index contributed by atoms with van der Waals surface area (Å²) >= 11 is 0. The van der Waals surface area contributed by atoms with Crippen molar-refractivity contribution in [2.45, 2.75) is 13.5 Å². The number of carbonyl (C=O) groups excluding carboxylic acids is 1. The number of nitrogens with one attached hydrogen (secondary N) is 1. The van der Waals surface area contributed by atoms with Gasteiger partial charge in [-0.25, -0.2) is 4.98 Å². The Morgan fingerprint density at radius 2 is 2.09 bits per heavy atom. The molecule has 118 valence electrons. The second-order valence-electron chi connectivity index (χ2n) is 5.22. The van der Waals surface area contributed by atoms with Crippen LogP contribution in [0, 0.1) is 6.92 Å². The number of rotatable bonds is 5. The summed E-state index contributed by atoms with van der Waals surface area (Å²) in [5.74, 6) is 0.327. The van der Waals surface area contributed by atoms with Crippen LogP contribution in [-0.4, -0.2) is 21.9 Å². The molecule has 0 atom stereocenters. The van der Waals surface area contributed by atoms with Crippen LogP contribution < -0.4 is 15.8 Å². The number of aromatic nitrogens is 2. The van der Waals surface area contributed by atoms with E-state index in [1.165, 1.54) is 0 Å². The number of fused-ring (bicyclic) bond motifs is 1. The molecule has 0 radical (unpaired) electrons. The first-order valence-electron chi connectivity index (χ1n) is 7.31. The molecule has 0 aliphatic carbocycles. The van der Waals surface area contributed by atoms with Gasteiger partial charge in [-0.15, -0.1) is 0 Å². The van der Waals surface area contributed by atoms with E-state index in [0.717, 1.165) is 16.9 Å². The molecule has 2 aromatic heterocycles. The first-order chi connectivity index (χ1) is 11.2. The van der Waals surface area contributed by atoms with Gasteiger partial charge in [0.15, 0.2) is 18.0 Å². The van der Waals surface area contributed by atoms with Crippen LogP contribution in [-0.2, 0) is 11.3 Å². The zero-order valence-corrected chi connectivity index (χ0v) is 12.8. The Kier molecular flexibility index (Phi) is 4.25. The molecule has 3 aromatic rings. The van der Waals surface area contributed by atoms with Gasteiger partial charge in [0.2, 0.25) is 0 Å². The molecule has 0 aliphatic heterocycles. The summed E-state index contributed by atoms with van der Waals surface area (Å²) in [5.41, 5.74) is 9.08. The first-order valence-corrected chi connectivity index (χ1v) is 7.31. The van der Waals surface area contributed by atoms with Crippen LogP contribution in [0.1, 0.15) is 11.3 Å². The Bertz CT molecular complexity index is 824. The van der Waals surface area contributed by atoms with Crippen molar-refractivity contribution in [3.63, 3.8) is 0 Å². The minimum atomic E-state index is -0.221. The number of pyridine rings is 1. The fraction of sp³-hybridized carbons (Fsp3) is 0.176. The summed E-state index contributed by atoms with van der Waals surface area (Å²) in [4.78, 5) is 16.3. The number of amides is 1. The monoisotopic (exact) mass is 310 g/mol. The van der Waals surface area contributed by atoms with Crippen LogP contribution >= 0.6 is 0 Å². The highest BCUT2D eigenvalue weighted by molar-refractivity contribution is 5.91. The number of nitrogens with two attached hydrogens (primary N) is 1. The van der Waals surface area contributed by atoms with Gasteiger partial charge in [-0.1, -0.05) is 17.7 Å². The fourth-order valence-electron chi connectivity index (χ4n) is 2.28. The number of anilines is 1. The van der Waals surface area contributed by atoms with E-state index in [4.69, 9.17) is 10.5 Å². The normalized spacial score (nSPS) is 10.7. The summed E-state index contributed by atoms with van der Waals surface area (Å²) in [6.45, 7) is 2.30. The predicted molar refractivity (Wildman–Crippen MR) is 88.4 cm³/mol. The second kappa shape index (κ2) is 6.50. The van der Waals surface area contributed by atoms with Crippen LogP contribution in [0.3, 0.4) is 0 Å². The third-order valence-electron chi connectivity index (χ3n) is 3.48. The lowest BCUT2D eigenvalue weighted by molar-refractivity contribution is -0.118. The molecular formula is C17H18N4O2. The second-order valence-corrected chi connectivity index (χ2v) is 5.22. The molecule has 1 amide bonds. The summed E-state index contributed by atoms with van der Waals surface area (Å²) in [7, 11) is 0. The van der Waals surface area contributed by atoms with Crippen LogP contribution in [0.4, 0.5) is 5.69 Å². The van der Waals surface area contributed by atoms with Crippen molar-refractivity contribution in [1.29, 1.82) is 0 Å². The molecule has 3 rings (SSSR count). The van der Waals surface area contributed by atoms with E-state index >= 15 is 0 Å². The highest BCUT2D eigenvalue weighted by atomic mass is 16.5. The fourth-order valence-corrected chi connectivity index (χ4v) is 2.28. The van der Waals surface area contributed by atoms with Crippen molar-refractivity contribution in [1.82, 2.24) is 9.38 Å². The molecule has 6 nitrogen and oxygen atoms in total. The van der Waals surface area contributed by atoms with Crippen molar-refractivity contribution in [2.75, 3.05) is 11.9 Å². The van der Waals surface area contributed by atoms with E-state index in [2.05, 4.69) is 10.3 Å². The maximum Gasteiger partial charge on any atom is 0.262 e. The molecule has 23 heavy (non-hydrogen) atoms. The zero-order chi connectivity index (χ0) is 16.2. The molecule has 0 unspecified atom stereocenters. The predicted octanol–water partition coefficient (Wildman–Crippen LogP) is 2.12. The number of nitrogens with zero attached hydrogens (tertiary/aromatic N) is 2. The molecule has 0 spiro atoms. The number of aryl methyl sites for hydroxylation is 1. The van der Waals surface area contributed by atoms with E-state index < -0.39 is 0 Å². The molecule has 2 heterocycles. The SMILES string of the molecule is Cc1ccc(NC(=O)COc2cccn3c(CN)cnc23)cc1. The lowest BCUT2D eigenvalue weighted by atomic mass is 10.2. The number of benzene rings is 1. The van der Waals surface area contributed by atoms with E-state index in [1.54, 1.807) is 12.3 Å². The molecule has 0 fully saturated rings. The van der Waals surface area contributed by atoms with Gasteiger partial charge in [-0.2, -0.15) is 0 Å². The summed E-state index contributed by atoms with van der Waals surface area (Å²) in [6, 6.07) is 11.2. The van der Waals surface area contributed by atoms with Gasteiger partial charge in [-0.05, 0) is 31.2 Å². The van der Waals surface area contributed by atoms with Crippen molar-refractivity contribution < 1.29 is 9.53 Å². The lowest BCUT2D eigenvalue weighted by Crippen LogP contribution is -2.20. The minimum Gasteiger partial charge on any atom is -0.480 e. The number of hydrogen-bond donors (Lipinski definition) is 2. The Hall–Kier alpha value is -2.86. The van der Waals surface area contributed by atoms with Crippen molar-refractivity contribution in [3.05, 3.63) is 60.0 Å². The highest BCUT2D eigenvalue weighted by Crippen LogP contribution is 2.19. The Labute approximate surface area is 133 Å². The smallest absolute Gasteiger partial charge is 0.262 e. The van der Waals surface area contributed by atoms with E-state index in [1.807, 2.05) is 47.9 Å². The summed E-state index contributed by atoms with van der Waals surface area (Å²) in [5, 5.41) is 2.79. The van der Waals surface area contributed by atoms with Gasteiger partial charge in [0.25, 0.3) is 5.91 Å². The molecule has 0 saturated carbocycles. The standard InChI is InChI=1S/C17H18N4O2/c1-12-4-6-13(7-5-12)20-16(22)11-23-15-3-2-8-21-14(9-18)10-19-17(15)21/h2-8,10H,9,11,18H2,1H3,(H,20,22). The molecule has 3 N–H and O–H groups in total. The Balaban J connectivity index is 1.67. The molecule has 0 saturated heterocycles. The van der Waals surface area contributed by atoms with Crippen LogP contribution in [0.5, 0.6) is 5.75 Å². The number of imidazole rings is 1. The van der Waals surface area contributed by atoms with E-state index in [9.17, 15) is 4.79 Å². The molecule has 6 heteroatoms. The molecule has 0 aliphatic rings. The lowest BCUT2D eigenvalue weighted by Gasteiger charge is -2.09. The number of hydrogen-bond acceptors (Lipinski definition) is 4. The van der Waals surface area contributed by atoms with E-state index in [-0.39, 0.29) is 12.5 Å². The van der Waals surface area contributed by atoms with Gasteiger partial charge in [-0.3, -0.25) is 9.20 Å². The zero-order valence-electron chi connectivity index (χ0n) is 12.8. The molecule has 0 bridgehead atoms. The number of carbonyl (C=O) groups is 1. The quantitative estimate of drug-likeness (QED) is 0.756. The maximum atomic E-state index is 12.0. The minimum absolute atomic E-state index is 0.0850. The van der Waals surface area contributed by atoms with Gasteiger partial charge < -0.3 is 15.8 Å². The third kappa shape index (κ3) is 3.32. The van der Waals surface area contributed by atoms with Crippen molar-refractivity contribution in [3.8, 4) is 5.75 Å². The van der Waals surface area contributed by atoms with E-state index in [0.29, 0.717) is 17.9 Å². The highest BCUT2D eigenvalue weighted by Gasteiger charge is 2.09. The summed E-state index contributed by atoms with van der Waals surface area (Å²) in [6.07, 6.45) is 3.57. The largest absolute Gasteiger partial charge is 0.480 e. The maximum absolute atomic E-state index is 12.0. The van der Waals surface area contributed by atoms with Crippen molar-refractivity contribution >= 4 is 17.2 Å². The van der Waals surface area contributed by atoms with Crippen LogP contribution in [0.2, 0.25) is 0 Å². The van der Waals surface area contributed by atoms with Gasteiger partial charge >= 0.3 is 0 Å². The van der Waals surface area contributed by atoms with Crippen LogP contribution in [0.15, 0.2) is 48.8 Å². The van der Waals surface area contributed by atoms with Gasteiger partial charge in [0.05, 0.1) is 11.9 Å². The summed E-state index contributed by atoms with van der Waals surface area (Å²) < 4.78 is 7.45. The number of ether oxygens (including phenoxy) is 1. The van der Waals surface area contributed by atoms with Gasteiger partial charge in [0.1, 0.15) is 0 Å².